The Morgan fingerprint density at radius 3 is 2.63 bits per heavy atom. The van der Waals surface area contributed by atoms with Crippen molar-refractivity contribution in [3.8, 4) is 0 Å². The van der Waals surface area contributed by atoms with Crippen LogP contribution in [0.4, 0.5) is 0 Å². The van der Waals surface area contributed by atoms with Crippen molar-refractivity contribution >= 4 is 18.1 Å². The smallest absolute Gasteiger partial charge is 0.333 e. The van der Waals surface area contributed by atoms with Crippen molar-refractivity contribution in [3.63, 3.8) is 0 Å². The summed E-state index contributed by atoms with van der Waals surface area (Å²) in [7, 11) is 0. The van der Waals surface area contributed by atoms with E-state index in [1.54, 1.807) is 31.3 Å². The molecule has 8 heteroatoms. The van der Waals surface area contributed by atoms with Crippen LogP contribution in [0.3, 0.4) is 0 Å². The molecule has 1 heterocycles. The average molecular weight is 421 g/mol. The van der Waals surface area contributed by atoms with Gasteiger partial charge in [0, 0.05) is 18.9 Å². The molecule has 1 aliphatic carbocycles. The van der Waals surface area contributed by atoms with Crippen molar-refractivity contribution in [1.82, 2.24) is 5.32 Å². The van der Waals surface area contributed by atoms with Gasteiger partial charge in [-0.15, -0.1) is 0 Å². The fourth-order valence-electron chi connectivity index (χ4n) is 3.42. The van der Waals surface area contributed by atoms with Gasteiger partial charge in [-0.2, -0.15) is 0 Å². The molecule has 1 aromatic rings. The second kappa shape index (κ2) is 11.7. The van der Waals surface area contributed by atoms with E-state index in [4.69, 9.17) is 19.0 Å². The SMILES string of the molecule is CCOC(=O)C1=C[C@@H](OC(CC)CC)[C@H](NC(C)=O)[C@@H](N=Cc2ccc(CO)o2)C1. The quantitative estimate of drug-likeness (QED) is 0.445. The Morgan fingerprint density at radius 2 is 2.07 bits per heavy atom. The van der Waals surface area contributed by atoms with Gasteiger partial charge in [-0.25, -0.2) is 4.79 Å². The maximum atomic E-state index is 12.4. The number of aliphatic hydroxyl groups excluding tert-OH is 1. The van der Waals surface area contributed by atoms with Crippen molar-refractivity contribution < 1.29 is 28.6 Å². The van der Waals surface area contributed by atoms with E-state index in [2.05, 4.69) is 10.3 Å². The zero-order chi connectivity index (χ0) is 22.1. The van der Waals surface area contributed by atoms with Gasteiger partial charge in [0.1, 0.15) is 18.1 Å². The lowest BCUT2D eigenvalue weighted by atomic mass is 9.87. The summed E-state index contributed by atoms with van der Waals surface area (Å²) in [5.41, 5.74) is 0.479. The summed E-state index contributed by atoms with van der Waals surface area (Å²) >= 11 is 0. The van der Waals surface area contributed by atoms with Crippen LogP contribution in [0.1, 0.15) is 58.5 Å². The molecule has 30 heavy (non-hydrogen) atoms. The van der Waals surface area contributed by atoms with E-state index in [0.29, 0.717) is 23.5 Å². The summed E-state index contributed by atoms with van der Waals surface area (Å²) in [6.07, 6.45) is 4.70. The van der Waals surface area contributed by atoms with Crippen LogP contribution in [-0.4, -0.2) is 54.1 Å². The number of nitrogens with zero attached hydrogens (tertiary/aromatic N) is 1. The summed E-state index contributed by atoms with van der Waals surface area (Å²) in [4.78, 5) is 28.9. The van der Waals surface area contributed by atoms with Gasteiger partial charge in [0.2, 0.25) is 5.91 Å². The number of aliphatic hydroxyl groups is 1. The highest BCUT2D eigenvalue weighted by atomic mass is 16.5. The summed E-state index contributed by atoms with van der Waals surface area (Å²) in [5, 5.41) is 12.1. The Hall–Kier alpha value is -2.45. The fourth-order valence-corrected chi connectivity index (χ4v) is 3.42. The minimum absolute atomic E-state index is 0.00845. The molecule has 0 aliphatic heterocycles. The number of carbonyl (C=O) groups is 2. The maximum absolute atomic E-state index is 12.4. The zero-order valence-corrected chi connectivity index (χ0v) is 18.1. The Bertz CT molecular complexity index is 765. The maximum Gasteiger partial charge on any atom is 0.333 e. The number of amides is 1. The summed E-state index contributed by atoms with van der Waals surface area (Å²) in [5.74, 6) is 0.301. The van der Waals surface area contributed by atoms with E-state index < -0.39 is 24.2 Å². The molecule has 0 fully saturated rings. The Labute approximate surface area is 177 Å². The lowest BCUT2D eigenvalue weighted by molar-refractivity contribution is -0.139. The van der Waals surface area contributed by atoms with Crippen LogP contribution in [0, 0.1) is 0 Å². The van der Waals surface area contributed by atoms with Gasteiger partial charge in [-0.05, 0) is 38.0 Å². The highest BCUT2D eigenvalue weighted by molar-refractivity contribution is 5.89. The van der Waals surface area contributed by atoms with Crippen molar-refractivity contribution in [2.24, 2.45) is 4.99 Å². The lowest BCUT2D eigenvalue weighted by Crippen LogP contribution is -2.53. The molecule has 1 aromatic heterocycles. The highest BCUT2D eigenvalue weighted by Crippen LogP contribution is 2.27. The summed E-state index contributed by atoms with van der Waals surface area (Å²) in [6, 6.07) is 2.48. The summed E-state index contributed by atoms with van der Waals surface area (Å²) < 4.78 is 16.9. The van der Waals surface area contributed by atoms with Crippen LogP contribution in [0.2, 0.25) is 0 Å². The molecule has 3 atom stereocenters. The molecule has 0 aromatic carbocycles. The average Bonchev–Trinajstić information content (AvgIpc) is 3.19. The monoisotopic (exact) mass is 420 g/mol. The molecule has 1 aliphatic rings. The van der Waals surface area contributed by atoms with Gasteiger partial charge < -0.3 is 24.3 Å². The molecule has 0 unspecified atom stereocenters. The van der Waals surface area contributed by atoms with Crippen LogP contribution in [0.15, 0.2) is 33.2 Å². The van der Waals surface area contributed by atoms with Crippen molar-refractivity contribution in [2.75, 3.05) is 6.61 Å². The third-order valence-corrected chi connectivity index (χ3v) is 4.96. The van der Waals surface area contributed by atoms with Crippen LogP contribution in [0.5, 0.6) is 0 Å². The fraction of sp³-hybridized carbons (Fsp3) is 0.591. The van der Waals surface area contributed by atoms with E-state index in [0.717, 1.165) is 12.8 Å². The predicted octanol–water partition coefficient (Wildman–Crippen LogP) is 2.53. The summed E-state index contributed by atoms with van der Waals surface area (Å²) in [6.45, 7) is 7.34. The number of aliphatic imine (C=N–C) groups is 1. The van der Waals surface area contributed by atoms with Gasteiger partial charge in [-0.3, -0.25) is 9.79 Å². The largest absolute Gasteiger partial charge is 0.463 e. The van der Waals surface area contributed by atoms with Crippen LogP contribution < -0.4 is 5.32 Å². The molecule has 8 nitrogen and oxygen atoms in total. The Morgan fingerprint density at radius 1 is 1.33 bits per heavy atom. The molecule has 2 N–H and O–H groups in total. The number of hydrogen-bond acceptors (Lipinski definition) is 7. The zero-order valence-electron chi connectivity index (χ0n) is 18.1. The lowest BCUT2D eigenvalue weighted by Gasteiger charge is -2.36. The first-order chi connectivity index (χ1) is 14.4. The molecule has 0 saturated heterocycles. The predicted molar refractivity (Wildman–Crippen MR) is 112 cm³/mol. The number of rotatable bonds is 10. The second-order valence-electron chi connectivity index (χ2n) is 7.19. The minimum Gasteiger partial charge on any atom is -0.463 e. The molecular weight excluding hydrogens is 388 g/mol. The molecule has 0 saturated carbocycles. The van der Waals surface area contributed by atoms with Gasteiger partial charge in [0.25, 0.3) is 0 Å². The van der Waals surface area contributed by atoms with E-state index in [1.807, 2.05) is 13.8 Å². The van der Waals surface area contributed by atoms with Gasteiger partial charge in [-0.1, -0.05) is 13.8 Å². The normalized spacial score (nSPS) is 21.7. The van der Waals surface area contributed by atoms with Crippen LogP contribution in [0.25, 0.3) is 0 Å². The van der Waals surface area contributed by atoms with E-state index in [1.165, 1.54) is 6.92 Å². The van der Waals surface area contributed by atoms with E-state index in [9.17, 15) is 9.59 Å². The standard InChI is InChI=1S/C22H32N2O6/c1-5-16(6-2)30-20-11-15(22(27)28-7-3)10-19(21(20)24-14(4)26)23-12-17-8-9-18(13-25)29-17/h8-9,11-12,16,19-21,25H,5-7,10,13H2,1-4H3,(H,24,26)/t19-,20+,21+/m0/s1. The Balaban J connectivity index is 2.35. The number of carbonyl (C=O) groups excluding carboxylic acids is 2. The number of hydrogen-bond donors (Lipinski definition) is 2. The second-order valence-corrected chi connectivity index (χ2v) is 7.19. The molecule has 0 spiro atoms. The first-order valence-electron chi connectivity index (χ1n) is 10.4. The first kappa shape index (κ1) is 23.8. The minimum atomic E-state index is -0.515. The molecule has 0 bridgehead atoms. The third kappa shape index (κ3) is 6.53. The number of esters is 1. The van der Waals surface area contributed by atoms with Gasteiger partial charge in [0.05, 0.1) is 37.1 Å². The third-order valence-electron chi connectivity index (χ3n) is 4.96. The topological polar surface area (TPSA) is 110 Å². The molecule has 0 radical (unpaired) electrons. The van der Waals surface area contributed by atoms with Crippen molar-refractivity contribution in [1.29, 1.82) is 0 Å². The van der Waals surface area contributed by atoms with Crippen LogP contribution >= 0.6 is 0 Å². The highest BCUT2D eigenvalue weighted by Gasteiger charge is 2.37. The van der Waals surface area contributed by atoms with E-state index >= 15 is 0 Å². The molecule has 2 rings (SSSR count). The molecule has 166 valence electrons. The van der Waals surface area contributed by atoms with Gasteiger partial charge in [0.15, 0.2) is 0 Å². The van der Waals surface area contributed by atoms with E-state index in [-0.39, 0.29) is 25.2 Å². The number of ether oxygens (including phenoxy) is 2. The van der Waals surface area contributed by atoms with Crippen molar-refractivity contribution in [2.45, 2.75) is 77.9 Å². The van der Waals surface area contributed by atoms with Gasteiger partial charge >= 0.3 is 5.97 Å². The number of furan rings is 1. The van der Waals surface area contributed by atoms with Crippen molar-refractivity contribution in [3.05, 3.63) is 35.3 Å². The van der Waals surface area contributed by atoms with Crippen LogP contribution in [-0.2, 0) is 25.7 Å². The first-order valence-corrected chi connectivity index (χ1v) is 10.4. The molecule has 1 amide bonds. The Kier molecular flexibility index (Phi) is 9.26. The molecular formula is C22H32N2O6. The number of nitrogens with one attached hydrogen (secondary N) is 1.